The van der Waals surface area contributed by atoms with Crippen LogP contribution in [0.15, 0.2) is 35.1 Å². The fraction of sp³-hybridized carbons (Fsp3) is 0.360. The maximum atomic E-state index is 13.3. The highest BCUT2D eigenvalue weighted by atomic mass is 16.6. The molecule has 1 aromatic carbocycles. The molecular formula is C25H24N2O6. The molecule has 170 valence electrons. The van der Waals surface area contributed by atoms with Crippen molar-refractivity contribution in [3.8, 4) is 11.4 Å². The van der Waals surface area contributed by atoms with Crippen LogP contribution in [0.3, 0.4) is 0 Å². The minimum absolute atomic E-state index is 0.0843. The van der Waals surface area contributed by atoms with Gasteiger partial charge >= 0.3 is 11.9 Å². The Kier molecular flexibility index (Phi) is 4.86. The minimum atomic E-state index is -1.87. The number of pyridine rings is 2. The highest BCUT2D eigenvalue weighted by molar-refractivity contribution is 5.91. The Hall–Kier alpha value is -3.52. The van der Waals surface area contributed by atoms with Gasteiger partial charge in [0.05, 0.1) is 41.5 Å². The molecule has 0 aliphatic carbocycles. The van der Waals surface area contributed by atoms with E-state index in [-0.39, 0.29) is 35.7 Å². The third-order valence-electron chi connectivity index (χ3n) is 6.68. The average molecular weight is 448 g/mol. The molecule has 2 aliphatic heterocycles. The summed E-state index contributed by atoms with van der Waals surface area (Å²) in [6.07, 6.45) is 0.0843. The number of para-hydroxylation sites is 1. The number of aromatic nitrogens is 2. The first-order chi connectivity index (χ1) is 15.8. The number of carbonyl (C=O) groups excluding carboxylic acids is 2. The lowest BCUT2D eigenvalue weighted by Gasteiger charge is -2.31. The normalized spacial score (nSPS) is 19.5. The number of hydrogen-bond acceptors (Lipinski definition) is 7. The minimum Gasteiger partial charge on any atom is -0.466 e. The number of carbonyl (C=O) groups is 2. The maximum Gasteiger partial charge on any atom is 0.343 e. The van der Waals surface area contributed by atoms with Crippen LogP contribution in [-0.2, 0) is 37.8 Å². The predicted molar refractivity (Wildman–Crippen MR) is 120 cm³/mol. The summed E-state index contributed by atoms with van der Waals surface area (Å²) in [7, 11) is 0. The molecule has 8 heteroatoms. The number of aliphatic hydroxyl groups is 1. The van der Waals surface area contributed by atoms with Crippen molar-refractivity contribution >= 4 is 22.8 Å². The summed E-state index contributed by atoms with van der Waals surface area (Å²) in [5.41, 5.74) is 1.78. The van der Waals surface area contributed by atoms with E-state index in [0.717, 1.165) is 16.5 Å². The van der Waals surface area contributed by atoms with E-state index in [1.165, 1.54) is 0 Å². The van der Waals surface area contributed by atoms with E-state index < -0.39 is 17.5 Å². The van der Waals surface area contributed by atoms with E-state index in [4.69, 9.17) is 14.5 Å². The zero-order valence-electron chi connectivity index (χ0n) is 18.7. The lowest BCUT2D eigenvalue weighted by molar-refractivity contribution is -0.172. The SMILES string of the molecule is CCOC(=O)C(C)c1cccc2cc3c(nc12)-c1cc2c(c(=O)n1C3)COC(=O)[C@]2(O)CC. The number of ether oxygens (including phenoxy) is 2. The van der Waals surface area contributed by atoms with Crippen LogP contribution >= 0.6 is 0 Å². The van der Waals surface area contributed by atoms with E-state index in [2.05, 4.69) is 0 Å². The first kappa shape index (κ1) is 21.3. The van der Waals surface area contributed by atoms with Gasteiger partial charge in [0.25, 0.3) is 5.56 Å². The molecule has 1 N–H and O–H groups in total. The molecule has 2 aromatic heterocycles. The second-order valence-electron chi connectivity index (χ2n) is 8.49. The zero-order valence-corrected chi connectivity index (χ0v) is 18.7. The van der Waals surface area contributed by atoms with Gasteiger partial charge in [-0.2, -0.15) is 0 Å². The molecule has 8 nitrogen and oxygen atoms in total. The van der Waals surface area contributed by atoms with Gasteiger partial charge in [-0.3, -0.25) is 9.59 Å². The van der Waals surface area contributed by atoms with Gasteiger partial charge in [0, 0.05) is 16.5 Å². The summed E-state index contributed by atoms with van der Waals surface area (Å²) in [6, 6.07) is 9.30. The van der Waals surface area contributed by atoms with E-state index in [1.807, 2.05) is 24.3 Å². The second-order valence-corrected chi connectivity index (χ2v) is 8.49. The Morgan fingerprint density at radius 3 is 2.82 bits per heavy atom. The number of fused-ring (bicyclic) bond motifs is 5. The number of esters is 2. The Morgan fingerprint density at radius 1 is 1.30 bits per heavy atom. The van der Waals surface area contributed by atoms with Crippen LogP contribution in [-0.4, -0.2) is 33.2 Å². The number of benzene rings is 1. The van der Waals surface area contributed by atoms with Crippen molar-refractivity contribution in [1.29, 1.82) is 0 Å². The van der Waals surface area contributed by atoms with Gasteiger partial charge in [-0.05, 0) is 38.0 Å². The molecule has 3 aromatic rings. The van der Waals surface area contributed by atoms with Crippen LogP contribution in [0.1, 0.15) is 55.4 Å². The average Bonchev–Trinajstić information content (AvgIpc) is 3.17. The molecule has 0 radical (unpaired) electrons. The highest BCUT2D eigenvalue weighted by Gasteiger charge is 2.45. The summed E-state index contributed by atoms with van der Waals surface area (Å²) in [5, 5.41) is 11.9. The van der Waals surface area contributed by atoms with E-state index in [9.17, 15) is 19.5 Å². The number of cyclic esters (lactones) is 1. The summed E-state index contributed by atoms with van der Waals surface area (Å²) < 4.78 is 11.9. The summed E-state index contributed by atoms with van der Waals surface area (Å²) in [5.74, 6) is -1.59. The van der Waals surface area contributed by atoms with Crippen LogP contribution in [0.5, 0.6) is 0 Å². The quantitative estimate of drug-likeness (QED) is 0.478. The number of hydrogen-bond donors (Lipinski definition) is 1. The van der Waals surface area contributed by atoms with Gasteiger partial charge in [-0.25, -0.2) is 9.78 Å². The predicted octanol–water partition coefficient (Wildman–Crippen LogP) is 2.75. The van der Waals surface area contributed by atoms with Crippen molar-refractivity contribution in [1.82, 2.24) is 9.55 Å². The summed E-state index contributed by atoms with van der Waals surface area (Å²) in [6.45, 7) is 5.67. The molecule has 0 amide bonds. The van der Waals surface area contributed by atoms with Gasteiger partial charge in [-0.1, -0.05) is 25.1 Å². The van der Waals surface area contributed by atoms with Crippen LogP contribution < -0.4 is 5.56 Å². The van der Waals surface area contributed by atoms with Crippen LogP contribution in [0.4, 0.5) is 0 Å². The fourth-order valence-corrected chi connectivity index (χ4v) is 4.77. The smallest absolute Gasteiger partial charge is 0.343 e. The largest absolute Gasteiger partial charge is 0.466 e. The Bertz CT molecular complexity index is 1390. The fourth-order valence-electron chi connectivity index (χ4n) is 4.77. The standard InChI is InChI=1S/C25H24N2O6/c1-4-25(31)18-10-19-21-15(11-27(19)22(28)17(18)12-33-24(25)30)9-14-7-6-8-16(20(14)26-21)13(3)23(29)32-5-2/h6-10,13,31H,4-5,11-12H2,1-3H3/t13?,25-/m0/s1. The number of nitrogens with zero attached hydrogens (tertiary/aromatic N) is 2. The van der Waals surface area contributed by atoms with Crippen molar-refractivity contribution in [2.45, 2.75) is 51.9 Å². The summed E-state index contributed by atoms with van der Waals surface area (Å²) >= 11 is 0. The Morgan fingerprint density at radius 2 is 2.09 bits per heavy atom. The lowest BCUT2D eigenvalue weighted by Crippen LogP contribution is -2.44. The third kappa shape index (κ3) is 3.01. The molecule has 1 unspecified atom stereocenters. The van der Waals surface area contributed by atoms with Crippen LogP contribution in [0, 0.1) is 0 Å². The molecule has 2 aliphatic rings. The lowest BCUT2D eigenvalue weighted by atomic mass is 9.86. The third-order valence-corrected chi connectivity index (χ3v) is 6.68. The molecule has 5 rings (SSSR count). The molecule has 0 spiro atoms. The second kappa shape index (κ2) is 7.52. The van der Waals surface area contributed by atoms with Gasteiger partial charge in [0.15, 0.2) is 5.60 Å². The molecule has 4 heterocycles. The molecular weight excluding hydrogens is 424 g/mol. The van der Waals surface area contributed by atoms with Crippen molar-refractivity contribution in [3.63, 3.8) is 0 Å². The monoisotopic (exact) mass is 448 g/mol. The van der Waals surface area contributed by atoms with Crippen LogP contribution in [0.25, 0.3) is 22.3 Å². The van der Waals surface area contributed by atoms with Gasteiger partial charge in [0.1, 0.15) is 6.61 Å². The molecule has 0 saturated heterocycles. The van der Waals surface area contributed by atoms with Gasteiger partial charge < -0.3 is 19.1 Å². The van der Waals surface area contributed by atoms with Gasteiger partial charge in [0.2, 0.25) is 0 Å². The molecule has 0 bridgehead atoms. The van der Waals surface area contributed by atoms with Crippen molar-refractivity contribution < 1.29 is 24.2 Å². The summed E-state index contributed by atoms with van der Waals surface area (Å²) in [4.78, 5) is 42.9. The molecule has 0 saturated carbocycles. The van der Waals surface area contributed by atoms with Crippen LogP contribution in [0.2, 0.25) is 0 Å². The Labute approximate surface area is 189 Å². The van der Waals surface area contributed by atoms with E-state index in [0.29, 0.717) is 30.1 Å². The van der Waals surface area contributed by atoms with Crippen molar-refractivity contribution in [3.05, 3.63) is 62.9 Å². The first-order valence-electron chi connectivity index (χ1n) is 11.1. The number of rotatable bonds is 4. The maximum absolute atomic E-state index is 13.3. The van der Waals surface area contributed by atoms with Crippen molar-refractivity contribution in [2.24, 2.45) is 0 Å². The van der Waals surface area contributed by atoms with E-state index >= 15 is 0 Å². The zero-order chi connectivity index (χ0) is 23.5. The first-order valence-corrected chi connectivity index (χ1v) is 11.1. The Balaban J connectivity index is 1.72. The van der Waals surface area contributed by atoms with Gasteiger partial charge in [-0.15, -0.1) is 0 Å². The molecule has 33 heavy (non-hydrogen) atoms. The van der Waals surface area contributed by atoms with Crippen molar-refractivity contribution in [2.75, 3.05) is 6.61 Å². The topological polar surface area (TPSA) is 108 Å². The molecule has 2 atom stereocenters. The van der Waals surface area contributed by atoms with E-state index in [1.54, 1.807) is 31.4 Å². The highest BCUT2D eigenvalue weighted by Crippen LogP contribution is 2.39. The molecule has 0 fully saturated rings.